The van der Waals surface area contributed by atoms with Crippen molar-refractivity contribution in [2.24, 2.45) is 5.73 Å². The molecule has 2 aliphatic rings. The van der Waals surface area contributed by atoms with E-state index < -0.39 is 17.9 Å². The number of aldehydes is 1. The summed E-state index contributed by atoms with van der Waals surface area (Å²) in [6.45, 7) is 6.31. The molecular formula is C23H29ClFN5O2. The number of nitrogens with two attached hydrogens (primary N) is 1. The third kappa shape index (κ3) is 4.12. The van der Waals surface area contributed by atoms with Crippen LogP contribution in [0.25, 0.3) is 0 Å². The summed E-state index contributed by atoms with van der Waals surface area (Å²) in [7, 11) is 1.71. The van der Waals surface area contributed by atoms with Crippen molar-refractivity contribution >= 4 is 23.7 Å². The van der Waals surface area contributed by atoms with Gasteiger partial charge in [0.2, 0.25) is 0 Å². The molecule has 0 amide bonds. The molecule has 1 aromatic carbocycles. The zero-order valence-electron chi connectivity index (χ0n) is 18.5. The molecular weight excluding hydrogens is 433 g/mol. The summed E-state index contributed by atoms with van der Waals surface area (Å²) < 4.78 is 19.8. The summed E-state index contributed by atoms with van der Waals surface area (Å²) in [5.41, 5.74) is 8.94. The molecule has 2 N–H and O–H groups in total. The molecule has 1 saturated heterocycles. The van der Waals surface area contributed by atoms with E-state index in [4.69, 9.17) is 22.1 Å². The number of hydrogen-bond donors (Lipinski definition) is 1. The van der Waals surface area contributed by atoms with Gasteiger partial charge in [-0.3, -0.25) is 4.90 Å². The van der Waals surface area contributed by atoms with Crippen molar-refractivity contribution in [1.29, 1.82) is 0 Å². The van der Waals surface area contributed by atoms with Gasteiger partial charge >= 0.3 is 0 Å². The van der Waals surface area contributed by atoms with Gasteiger partial charge in [-0.05, 0) is 37.0 Å². The quantitative estimate of drug-likeness (QED) is 0.661. The van der Waals surface area contributed by atoms with Gasteiger partial charge in [-0.25, -0.2) is 14.4 Å². The van der Waals surface area contributed by atoms with Crippen molar-refractivity contribution in [3.63, 3.8) is 0 Å². The van der Waals surface area contributed by atoms with E-state index in [0.29, 0.717) is 31.1 Å². The number of carbonyl (C=O) groups excluding carboxylic acids is 1. The second kappa shape index (κ2) is 9.39. The minimum atomic E-state index is -0.778. The monoisotopic (exact) mass is 461 g/mol. The molecule has 32 heavy (non-hydrogen) atoms. The van der Waals surface area contributed by atoms with Gasteiger partial charge in [0.05, 0.1) is 22.8 Å². The first-order valence-electron chi connectivity index (χ1n) is 10.9. The second-order valence-electron chi connectivity index (χ2n) is 8.73. The van der Waals surface area contributed by atoms with Crippen LogP contribution in [0.2, 0.25) is 5.02 Å². The molecule has 1 aliphatic heterocycles. The average molecular weight is 462 g/mol. The maximum absolute atomic E-state index is 14.1. The van der Waals surface area contributed by atoms with Gasteiger partial charge in [-0.15, -0.1) is 0 Å². The Bertz CT molecular complexity index is 993. The van der Waals surface area contributed by atoms with Crippen LogP contribution in [0.1, 0.15) is 55.2 Å². The lowest BCUT2D eigenvalue weighted by Crippen LogP contribution is -2.56. The fourth-order valence-electron chi connectivity index (χ4n) is 5.12. The number of carbonyl (C=O) groups is 1. The van der Waals surface area contributed by atoms with Crippen molar-refractivity contribution in [3.8, 4) is 0 Å². The maximum atomic E-state index is 14.1. The van der Waals surface area contributed by atoms with Crippen molar-refractivity contribution in [2.45, 2.75) is 50.4 Å². The minimum Gasteiger partial charge on any atom is -0.375 e. The smallest absolute Gasteiger partial charge is 0.142 e. The van der Waals surface area contributed by atoms with Gasteiger partial charge in [0.1, 0.15) is 30.4 Å². The Morgan fingerprint density at radius 2 is 2.09 bits per heavy atom. The summed E-state index contributed by atoms with van der Waals surface area (Å²) >= 11 is 5.86. The molecule has 4 rings (SSSR count). The van der Waals surface area contributed by atoms with Gasteiger partial charge in [-0.1, -0.05) is 24.6 Å². The van der Waals surface area contributed by atoms with E-state index in [-0.39, 0.29) is 17.2 Å². The normalized spacial score (nSPS) is 25.4. The number of anilines is 1. The number of rotatable bonds is 6. The molecule has 1 fully saturated rings. The molecule has 1 aromatic heterocycles. The third-order valence-electron chi connectivity index (χ3n) is 6.67. The van der Waals surface area contributed by atoms with Crippen LogP contribution in [0, 0.1) is 5.82 Å². The van der Waals surface area contributed by atoms with Crippen LogP contribution in [0.3, 0.4) is 0 Å². The Morgan fingerprint density at radius 3 is 2.75 bits per heavy atom. The number of halogens is 2. The number of ether oxygens (including phenoxy) is 1. The van der Waals surface area contributed by atoms with Gasteiger partial charge in [0, 0.05) is 38.3 Å². The van der Waals surface area contributed by atoms with E-state index >= 15 is 0 Å². The van der Waals surface area contributed by atoms with Crippen molar-refractivity contribution in [1.82, 2.24) is 14.9 Å². The fourth-order valence-corrected chi connectivity index (χ4v) is 5.23. The Morgan fingerprint density at radius 1 is 1.31 bits per heavy atom. The molecule has 0 saturated carbocycles. The average Bonchev–Trinajstić information content (AvgIpc) is 3.12. The van der Waals surface area contributed by atoms with E-state index in [2.05, 4.69) is 33.6 Å². The molecule has 5 atom stereocenters. The van der Waals surface area contributed by atoms with E-state index in [0.717, 1.165) is 29.8 Å². The largest absolute Gasteiger partial charge is 0.375 e. The first kappa shape index (κ1) is 23.0. The molecule has 2 aromatic rings. The van der Waals surface area contributed by atoms with Gasteiger partial charge in [0.15, 0.2) is 0 Å². The van der Waals surface area contributed by atoms with Crippen LogP contribution in [-0.2, 0) is 9.53 Å². The zero-order chi connectivity index (χ0) is 23.0. The van der Waals surface area contributed by atoms with Crippen molar-refractivity contribution in [3.05, 3.63) is 52.2 Å². The summed E-state index contributed by atoms with van der Waals surface area (Å²) in [5, 5.41) is 0.0476. The van der Waals surface area contributed by atoms with Crippen LogP contribution in [0.5, 0.6) is 0 Å². The number of nitrogens with zero attached hydrogens (tertiary/aromatic N) is 4. The highest BCUT2D eigenvalue weighted by Crippen LogP contribution is 2.45. The molecule has 7 nitrogen and oxygen atoms in total. The molecule has 0 radical (unpaired) electrons. The first-order chi connectivity index (χ1) is 15.3. The maximum Gasteiger partial charge on any atom is 0.142 e. The lowest BCUT2D eigenvalue weighted by molar-refractivity contribution is -0.110. The Kier molecular flexibility index (Phi) is 6.76. The van der Waals surface area contributed by atoms with Gasteiger partial charge < -0.3 is 20.2 Å². The summed E-state index contributed by atoms with van der Waals surface area (Å²) in [5.74, 6) is 0.741. The van der Waals surface area contributed by atoms with Crippen LogP contribution >= 0.6 is 11.6 Å². The Hall–Kier alpha value is -2.13. The Labute approximate surface area is 192 Å². The van der Waals surface area contributed by atoms with Crippen LogP contribution in [-0.4, -0.2) is 60.0 Å². The lowest BCUT2D eigenvalue weighted by Gasteiger charge is -2.45. The Balaban J connectivity index is 1.60. The van der Waals surface area contributed by atoms with Crippen LogP contribution < -0.4 is 10.6 Å². The number of piperazine rings is 1. The molecule has 0 spiro atoms. The van der Waals surface area contributed by atoms with E-state index in [1.165, 1.54) is 12.1 Å². The summed E-state index contributed by atoms with van der Waals surface area (Å²) in [6.07, 6.45) is 3.22. The van der Waals surface area contributed by atoms with E-state index in [9.17, 15) is 9.18 Å². The van der Waals surface area contributed by atoms with Crippen LogP contribution in [0.15, 0.2) is 24.5 Å². The molecule has 0 bridgehead atoms. The molecule has 172 valence electrons. The summed E-state index contributed by atoms with van der Waals surface area (Å²) in [6, 6.07) is 3.51. The number of fused-ring (bicyclic) bond motifs is 1. The molecule has 2 unspecified atom stereocenters. The number of benzene rings is 1. The standard InChI is InChI=1S/C23H29ClFN5O2/c1-13-8-19(32-3)21-20(13)23(28-12-27-21)30-7-6-29(10-14(30)2)22(18(26)11-31)15-4-5-16(24)17(25)9-15/h4-5,9,11-14,18-19,22H,6-8,10,26H2,1-3H3/t13-,14+,18?,19-,22?/m1/s1. The predicted octanol–water partition coefficient (Wildman–Crippen LogP) is 3.24. The molecule has 1 aliphatic carbocycles. The highest BCUT2D eigenvalue weighted by Gasteiger charge is 2.38. The SMILES string of the molecule is CO[C@@H]1C[C@@H](C)c2c1ncnc2N1CCN(C(c2ccc(Cl)c(F)c2)C(N)C=O)C[C@@H]1C. The first-order valence-corrected chi connectivity index (χ1v) is 11.3. The lowest BCUT2D eigenvalue weighted by atomic mass is 9.96. The molecule has 9 heteroatoms. The highest BCUT2D eigenvalue weighted by molar-refractivity contribution is 6.30. The predicted molar refractivity (Wildman–Crippen MR) is 121 cm³/mol. The number of methoxy groups -OCH3 is 1. The van der Waals surface area contributed by atoms with Gasteiger partial charge in [0.25, 0.3) is 0 Å². The topological polar surface area (TPSA) is 84.6 Å². The van der Waals surface area contributed by atoms with E-state index in [1.807, 2.05) is 0 Å². The number of aromatic nitrogens is 2. The van der Waals surface area contributed by atoms with Gasteiger partial charge in [-0.2, -0.15) is 0 Å². The second-order valence-corrected chi connectivity index (χ2v) is 9.13. The third-order valence-corrected chi connectivity index (χ3v) is 6.98. The fraction of sp³-hybridized carbons (Fsp3) is 0.522. The van der Waals surface area contributed by atoms with Crippen LogP contribution in [0.4, 0.5) is 10.2 Å². The van der Waals surface area contributed by atoms with E-state index in [1.54, 1.807) is 19.5 Å². The number of hydrogen-bond acceptors (Lipinski definition) is 7. The highest BCUT2D eigenvalue weighted by atomic mass is 35.5. The minimum absolute atomic E-state index is 0.00637. The van der Waals surface area contributed by atoms with Crippen molar-refractivity contribution < 1.29 is 13.9 Å². The zero-order valence-corrected chi connectivity index (χ0v) is 19.3. The van der Waals surface area contributed by atoms with Crippen molar-refractivity contribution in [2.75, 3.05) is 31.6 Å². The molecule has 2 heterocycles. The summed E-state index contributed by atoms with van der Waals surface area (Å²) in [4.78, 5) is 25.2.